The average molecular weight is 280 g/mol. The summed E-state index contributed by atoms with van der Waals surface area (Å²) >= 11 is 7.48. The van der Waals surface area contributed by atoms with Gasteiger partial charge in [0.25, 0.3) is 0 Å². The summed E-state index contributed by atoms with van der Waals surface area (Å²) in [5, 5.41) is 7.59. The van der Waals surface area contributed by atoms with Gasteiger partial charge in [0, 0.05) is 23.2 Å². The Morgan fingerprint density at radius 2 is 2.06 bits per heavy atom. The number of nitrogens with two attached hydrogens (primary N) is 1. The fourth-order valence-electron chi connectivity index (χ4n) is 1.79. The van der Waals surface area contributed by atoms with Crippen LogP contribution in [0, 0.1) is 5.41 Å². The summed E-state index contributed by atoms with van der Waals surface area (Å²) in [6, 6.07) is 11.6. The van der Waals surface area contributed by atoms with E-state index in [0.717, 1.165) is 22.1 Å². The Morgan fingerprint density at radius 1 is 1.33 bits per heavy atom. The normalized spacial score (nSPS) is 10.3. The van der Waals surface area contributed by atoms with Crippen molar-refractivity contribution in [2.75, 3.05) is 11.9 Å². The van der Waals surface area contributed by atoms with Crippen LogP contribution in [-0.2, 0) is 6.54 Å². The third kappa shape index (κ3) is 2.83. The van der Waals surface area contributed by atoms with E-state index < -0.39 is 0 Å². The summed E-state index contributed by atoms with van der Waals surface area (Å²) in [6.07, 6.45) is 0. The first-order valence-corrected chi connectivity index (χ1v) is 6.66. The molecular weight excluding hydrogens is 266 g/mol. The van der Waals surface area contributed by atoms with Gasteiger partial charge in [-0.05, 0) is 24.3 Å². The molecule has 2 aromatic rings. The fourth-order valence-corrected chi connectivity index (χ4v) is 2.93. The lowest BCUT2D eigenvalue weighted by molar-refractivity contribution is 0.938. The van der Waals surface area contributed by atoms with Gasteiger partial charge in [-0.2, -0.15) is 0 Å². The molecule has 1 aromatic carbocycles. The van der Waals surface area contributed by atoms with Gasteiger partial charge >= 0.3 is 0 Å². The molecule has 0 saturated carbocycles. The molecule has 0 atom stereocenters. The molecule has 0 radical (unpaired) electrons. The van der Waals surface area contributed by atoms with Crippen molar-refractivity contribution < 1.29 is 0 Å². The first-order valence-electron chi connectivity index (χ1n) is 5.46. The maximum atomic E-state index is 7.59. The number of nitrogens with zero attached hydrogens (tertiary/aromatic N) is 1. The first kappa shape index (κ1) is 12.9. The molecule has 0 fully saturated rings. The van der Waals surface area contributed by atoms with Gasteiger partial charge in [0.2, 0.25) is 0 Å². The van der Waals surface area contributed by atoms with E-state index in [0.29, 0.717) is 0 Å². The number of para-hydroxylation sites is 1. The molecule has 0 aliphatic carbocycles. The monoisotopic (exact) mass is 279 g/mol. The van der Waals surface area contributed by atoms with Crippen LogP contribution in [0.4, 0.5) is 5.69 Å². The zero-order chi connectivity index (χ0) is 13.1. The van der Waals surface area contributed by atoms with E-state index in [1.807, 2.05) is 43.4 Å². The van der Waals surface area contributed by atoms with Crippen molar-refractivity contribution in [3.8, 4) is 0 Å². The van der Waals surface area contributed by atoms with E-state index >= 15 is 0 Å². The Hall–Kier alpha value is -1.52. The van der Waals surface area contributed by atoms with E-state index in [2.05, 4.69) is 4.90 Å². The lowest BCUT2D eigenvalue weighted by Crippen LogP contribution is -2.21. The van der Waals surface area contributed by atoms with Crippen LogP contribution in [0.3, 0.4) is 0 Å². The molecule has 0 unspecified atom stereocenters. The summed E-state index contributed by atoms with van der Waals surface area (Å²) < 4.78 is 0.790. The molecule has 3 N–H and O–H groups in total. The number of anilines is 1. The van der Waals surface area contributed by atoms with Gasteiger partial charge in [0.05, 0.1) is 10.9 Å². The minimum absolute atomic E-state index is 0.0849. The predicted molar refractivity (Wildman–Crippen MR) is 78.9 cm³/mol. The second-order valence-electron chi connectivity index (χ2n) is 3.99. The summed E-state index contributed by atoms with van der Waals surface area (Å²) in [7, 11) is 1.98. The first-order chi connectivity index (χ1) is 8.58. The Labute approximate surface area is 115 Å². The van der Waals surface area contributed by atoms with Crippen LogP contribution >= 0.6 is 22.9 Å². The van der Waals surface area contributed by atoms with Crippen molar-refractivity contribution in [2.45, 2.75) is 6.54 Å². The van der Waals surface area contributed by atoms with Crippen LogP contribution in [0.2, 0.25) is 4.34 Å². The van der Waals surface area contributed by atoms with Crippen molar-refractivity contribution in [3.63, 3.8) is 0 Å². The highest BCUT2D eigenvalue weighted by atomic mass is 35.5. The van der Waals surface area contributed by atoms with Gasteiger partial charge in [0.1, 0.15) is 5.84 Å². The van der Waals surface area contributed by atoms with Crippen LogP contribution in [-0.4, -0.2) is 12.9 Å². The van der Waals surface area contributed by atoms with Crippen molar-refractivity contribution in [1.82, 2.24) is 0 Å². The van der Waals surface area contributed by atoms with E-state index in [4.69, 9.17) is 22.7 Å². The molecule has 2 rings (SSSR count). The predicted octanol–water partition coefficient (Wildman–Crippen LogP) is 3.32. The fraction of sp³-hybridized carbons (Fsp3) is 0.154. The van der Waals surface area contributed by atoms with Crippen molar-refractivity contribution in [1.29, 1.82) is 5.41 Å². The van der Waals surface area contributed by atoms with E-state index in [-0.39, 0.29) is 5.84 Å². The molecule has 0 bridgehead atoms. The summed E-state index contributed by atoms with van der Waals surface area (Å²) in [6.45, 7) is 0.752. The molecular formula is C13H14ClN3S. The van der Waals surface area contributed by atoms with Crippen molar-refractivity contribution >= 4 is 34.5 Å². The highest BCUT2D eigenvalue weighted by Gasteiger charge is 2.10. The number of rotatable bonds is 4. The molecule has 0 saturated heterocycles. The molecule has 0 spiro atoms. The number of thiophene rings is 1. The van der Waals surface area contributed by atoms with Gasteiger partial charge in [-0.1, -0.05) is 23.7 Å². The highest BCUT2D eigenvalue weighted by Crippen LogP contribution is 2.25. The summed E-state index contributed by atoms with van der Waals surface area (Å²) in [4.78, 5) is 3.25. The third-order valence-electron chi connectivity index (χ3n) is 2.63. The number of nitrogens with one attached hydrogen (secondary N) is 1. The van der Waals surface area contributed by atoms with Crippen LogP contribution in [0.5, 0.6) is 0 Å². The van der Waals surface area contributed by atoms with Crippen LogP contribution in [0.25, 0.3) is 0 Å². The van der Waals surface area contributed by atoms with Gasteiger partial charge in [0.15, 0.2) is 0 Å². The molecule has 1 heterocycles. The lowest BCUT2D eigenvalue weighted by Gasteiger charge is -2.21. The van der Waals surface area contributed by atoms with Crippen LogP contribution < -0.4 is 10.6 Å². The summed E-state index contributed by atoms with van der Waals surface area (Å²) in [5.41, 5.74) is 7.29. The average Bonchev–Trinajstić information content (AvgIpc) is 2.74. The quantitative estimate of drug-likeness (QED) is 0.666. The largest absolute Gasteiger partial charge is 0.384 e. The topological polar surface area (TPSA) is 53.1 Å². The Morgan fingerprint density at radius 3 is 2.67 bits per heavy atom. The minimum Gasteiger partial charge on any atom is -0.384 e. The second kappa shape index (κ2) is 5.42. The molecule has 0 aliphatic heterocycles. The molecule has 0 aliphatic rings. The Balaban J connectivity index is 2.23. The minimum atomic E-state index is 0.0849. The molecule has 18 heavy (non-hydrogen) atoms. The number of hydrogen-bond acceptors (Lipinski definition) is 3. The summed E-state index contributed by atoms with van der Waals surface area (Å²) in [5.74, 6) is 0.0849. The number of nitrogen functional groups attached to an aromatic ring is 1. The van der Waals surface area contributed by atoms with E-state index in [1.165, 1.54) is 4.88 Å². The number of hydrogen-bond donors (Lipinski definition) is 2. The zero-order valence-corrected chi connectivity index (χ0v) is 11.6. The van der Waals surface area contributed by atoms with Gasteiger partial charge < -0.3 is 10.6 Å². The number of benzene rings is 1. The van der Waals surface area contributed by atoms with E-state index in [1.54, 1.807) is 11.3 Å². The lowest BCUT2D eigenvalue weighted by atomic mass is 10.1. The Kier molecular flexibility index (Phi) is 3.89. The smallest absolute Gasteiger partial charge is 0.124 e. The number of amidine groups is 1. The SMILES string of the molecule is CN(Cc1ccc(Cl)s1)c1ccccc1C(=N)N. The van der Waals surface area contributed by atoms with Gasteiger partial charge in [-0.3, -0.25) is 5.41 Å². The van der Waals surface area contributed by atoms with Gasteiger partial charge in [-0.15, -0.1) is 11.3 Å². The van der Waals surface area contributed by atoms with E-state index in [9.17, 15) is 0 Å². The third-order valence-corrected chi connectivity index (χ3v) is 3.84. The number of halogens is 1. The molecule has 5 heteroatoms. The maximum absolute atomic E-state index is 7.59. The standard InChI is InChI=1S/C13H14ClN3S/c1-17(8-9-6-7-12(14)18-9)11-5-3-2-4-10(11)13(15)16/h2-7H,8H2,1H3,(H3,15,16). The molecule has 1 aromatic heterocycles. The molecule has 3 nitrogen and oxygen atoms in total. The van der Waals surface area contributed by atoms with Crippen LogP contribution in [0.15, 0.2) is 36.4 Å². The van der Waals surface area contributed by atoms with Crippen molar-refractivity contribution in [3.05, 3.63) is 51.2 Å². The highest BCUT2D eigenvalue weighted by molar-refractivity contribution is 7.16. The maximum Gasteiger partial charge on any atom is 0.124 e. The molecule has 0 amide bonds. The molecule has 94 valence electrons. The van der Waals surface area contributed by atoms with Crippen molar-refractivity contribution in [2.24, 2.45) is 5.73 Å². The van der Waals surface area contributed by atoms with Crippen LogP contribution in [0.1, 0.15) is 10.4 Å². The van der Waals surface area contributed by atoms with Gasteiger partial charge in [-0.25, -0.2) is 0 Å². The zero-order valence-electron chi connectivity index (χ0n) is 9.98. The second-order valence-corrected chi connectivity index (χ2v) is 5.79. The Bertz CT molecular complexity index is 565.